The summed E-state index contributed by atoms with van der Waals surface area (Å²) >= 11 is 0. The van der Waals surface area contributed by atoms with Crippen molar-refractivity contribution in [1.29, 1.82) is 0 Å². The lowest BCUT2D eigenvalue weighted by molar-refractivity contribution is -0.176. The molecule has 4 aliphatic carbocycles. The molecule has 0 bridgehead atoms. The zero-order valence-corrected chi connectivity index (χ0v) is 24.0. The number of carbonyl (C=O) groups excluding carboxylic acids is 1. The van der Waals surface area contributed by atoms with Crippen molar-refractivity contribution < 1.29 is 43.9 Å². The Morgan fingerprint density at radius 2 is 1.71 bits per heavy atom. The minimum Gasteiger partial charge on any atom is -0.390 e. The molecule has 0 amide bonds. The van der Waals surface area contributed by atoms with Crippen molar-refractivity contribution in [2.45, 2.75) is 114 Å². The van der Waals surface area contributed by atoms with E-state index < -0.39 is 73.4 Å². The van der Waals surface area contributed by atoms with Gasteiger partial charge in [-0.3, -0.25) is 4.79 Å². The van der Waals surface area contributed by atoms with Gasteiger partial charge in [-0.05, 0) is 93.1 Å². The molecule has 0 heterocycles. The normalized spacial score (nSPS) is 45.2. The van der Waals surface area contributed by atoms with Crippen LogP contribution >= 0.6 is 0 Å². The molecule has 0 spiro atoms. The van der Waals surface area contributed by atoms with Crippen LogP contribution in [0.2, 0.25) is 0 Å². The highest BCUT2D eigenvalue weighted by molar-refractivity contribution is 7.91. The van der Waals surface area contributed by atoms with Gasteiger partial charge in [0.25, 0.3) is 0 Å². The Morgan fingerprint density at radius 1 is 1.08 bits per heavy atom. The number of aliphatic hydroxyl groups excluding tert-OH is 4. The number of hydrogen-bond donors (Lipinski definition) is 6. The number of aliphatic hydroxyl groups is 6. The number of carbonyl (C=O) groups is 1. The average Bonchev–Trinajstić information content (AvgIpc) is 3.10. The molecule has 0 aliphatic heterocycles. The SMILES string of the molecule is CC(CC[C@@H](O)[C@](C)(O)[C@H]1CC[C@@]2(O)C3=CC(=O)[C@@H]4C[C@@H](O)[C@@H](O)C[C@]4(C)[C@H]3CC[C@]12C)C(O)S(C)(=O)=O. The number of fused-ring (bicyclic) bond motifs is 5. The maximum Gasteiger partial charge on any atom is 0.174 e. The van der Waals surface area contributed by atoms with E-state index in [2.05, 4.69) is 0 Å². The second-order valence-electron chi connectivity index (χ2n) is 13.6. The first-order valence-electron chi connectivity index (χ1n) is 13.9. The van der Waals surface area contributed by atoms with E-state index in [9.17, 15) is 43.9 Å². The zero-order valence-electron chi connectivity index (χ0n) is 23.2. The molecule has 3 saturated carbocycles. The lowest BCUT2D eigenvalue weighted by Gasteiger charge is -2.60. The molecule has 4 rings (SSSR count). The fourth-order valence-electron chi connectivity index (χ4n) is 8.82. The van der Waals surface area contributed by atoms with Gasteiger partial charge in [-0.1, -0.05) is 20.8 Å². The molecule has 38 heavy (non-hydrogen) atoms. The third-order valence-electron chi connectivity index (χ3n) is 11.3. The largest absolute Gasteiger partial charge is 0.390 e. The predicted octanol–water partition coefficient (Wildman–Crippen LogP) is 1.08. The lowest BCUT2D eigenvalue weighted by Crippen LogP contribution is -2.62. The first kappa shape index (κ1) is 30.1. The summed E-state index contributed by atoms with van der Waals surface area (Å²) in [7, 11) is -3.66. The number of ketones is 1. The van der Waals surface area contributed by atoms with E-state index in [-0.39, 0.29) is 37.4 Å². The lowest BCUT2D eigenvalue weighted by atomic mass is 9.45. The minimum absolute atomic E-state index is 0.0789. The molecule has 0 aromatic heterocycles. The third kappa shape index (κ3) is 4.43. The molecule has 0 aromatic rings. The number of sulfone groups is 1. The molecule has 6 N–H and O–H groups in total. The Labute approximate surface area is 225 Å². The van der Waals surface area contributed by atoms with Crippen molar-refractivity contribution in [3.8, 4) is 0 Å². The van der Waals surface area contributed by atoms with Crippen molar-refractivity contribution in [3.05, 3.63) is 11.6 Å². The predicted molar refractivity (Wildman–Crippen MR) is 140 cm³/mol. The molecule has 2 unspecified atom stereocenters. The van der Waals surface area contributed by atoms with Crippen LogP contribution < -0.4 is 0 Å². The molecule has 4 aliphatic rings. The van der Waals surface area contributed by atoms with E-state index in [0.29, 0.717) is 31.3 Å². The number of rotatable bonds is 7. The van der Waals surface area contributed by atoms with Gasteiger partial charge >= 0.3 is 0 Å². The van der Waals surface area contributed by atoms with Crippen LogP contribution in [0.1, 0.15) is 79.1 Å². The number of allylic oxidation sites excluding steroid dienone is 1. The van der Waals surface area contributed by atoms with Crippen molar-refractivity contribution in [1.82, 2.24) is 0 Å². The molecule has 0 radical (unpaired) electrons. The van der Waals surface area contributed by atoms with Gasteiger partial charge in [0.1, 0.15) is 0 Å². The van der Waals surface area contributed by atoms with Gasteiger partial charge in [0, 0.05) is 17.6 Å². The second-order valence-corrected chi connectivity index (χ2v) is 15.8. The maximum atomic E-state index is 13.3. The second kappa shape index (κ2) is 9.60. The van der Waals surface area contributed by atoms with E-state index in [1.807, 2.05) is 13.8 Å². The van der Waals surface area contributed by atoms with Crippen molar-refractivity contribution in [2.75, 3.05) is 6.26 Å². The van der Waals surface area contributed by atoms with E-state index in [1.54, 1.807) is 19.9 Å². The van der Waals surface area contributed by atoms with Crippen molar-refractivity contribution in [3.63, 3.8) is 0 Å². The molecule has 9 nitrogen and oxygen atoms in total. The van der Waals surface area contributed by atoms with E-state index in [4.69, 9.17) is 0 Å². The summed E-state index contributed by atoms with van der Waals surface area (Å²) in [5, 5.41) is 65.8. The fraction of sp³-hybridized carbons (Fsp3) is 0.893. The van der Waals surface area contributed by atoms with Crippen LogP contribution in [0.15, 0.2) is 11.6 Å². The third-order valence-corrected chi connectivity index (χ3v) is 12.7. The van der Waals surface area contributed by atoms with Crippen LogP contribution in [0.3, 0.4) is 0 Å². The highest BCUT2D eigenvalue weighted by Crippen LogP contribution is 2.68. The molecule has 12 atom stereocenters. The molecule has 0 aromatic carbocycles. The van der Waals surface area contributed by atoms with Gasteiger partial charge in [-0.25, -0.2) is 8.42 Å². The van der Waals surface area contributed by atoms with Crippen LogP contribution in [0.5, 0.6) is 0 Å². The van der Waals surface area contributed by atoms with Crippen LogP contribution in [-0.4, -0.2) is 86.0 Å². The Morgan fingerprint density at radius 3 is 2.32 bits per heavy atom. The topological polar surface area (TPSA) is 173 Å². The summed E-state index contributed by atoms with van der Waals surface area (Å²) in [6, 6.07) is 0. The highest BCUT2D eigenvalue weighted by atomic mass is 32.2. The molecular formula is C28H46O9S. The van der Waals surface area contributed by atoms with Crippen molar-refractivity contribution in [2.24, 2.45) is 34.5 Å². The van der Waals surface area contributed by atoms with E-state index in [1.165, 1.54) is 0 Å². The molecule has 0 saturated heterocycles. The van der Waals surface area contributed by atoms with Gasteiger partial charge in [0.15, 0.2) is 21.1 Å². The van der Waals surface area contributed by atoms with Crippen LogP contribution in [-0.2, 0) is 14.6 Å². The average molecular weight is 559 g/mol. The smallest absolute Gasteiger partial charge is 0.174 e. The molecular weight excluding hydrogens is 512 g/mol. The van der Waals surface area contributed by atoms with Gasteiger partial charge in [-0.2, -0.15) is 0 Å². The highest BCUT2D eigenvalue weighted by Gasteiger charge is 2.69. The van der Waals surface area contributed by atoms with Gasteiger partial charge in [0.05, 0.1) is 29.5 Å². The maximum absolute atomic E-state index is 13.3. The monoisotopic (exact) mass is 558 g/mol. The number of hydrogen-bond acceptors (Lipinski definition) is 9. The summed E-state index contributed by atoms with van der Waals surface area (Å²) < 4.78 is 23.4. The Hall–Kier alpha value is -0.880. The summed E-state index contributed by atoms with van der Waals surface area (Å²) in [5.41, 5.74) is -5.28. The summed E-state index contributed by atoms with van der Waals surface area (Å²) in [5.74, 6) is -1.83. The Bertz CT molecular complexity index is 1090. The standard InChI is InChI=1S/C28H46O9S/c1-15(24(33)38(5,36)37)6-7-23(32)27(4,34)22-9-11-28(35)17-12-19(29)18-13-20(30)21(31)14-25(18,2)16(17)8-10-26(22,28)3/h12,15-16,18,20-24,30-35H,6-11,13-14H2,1-5H3/t15?,16-,18-,20+,21-,22-,23+,24?,25+,26+,27+,28+/m0/s1. The van der Waals surface area contributed by atoms with Crippen LogP contribution in [0, 0.1) is 34.5 Å². The van der Waals surface area contributed by atoms with Crippen LogP contribution in [0.4, 0.5) is 0 Å². The van der Waals surface area contributed by atoms with Crippen molar-refractivity contribution >= 4 is 15.6 Å². The summed E-state index contributed by atoms with van der Waals surface area (Å²) in [6.45, 7) is 7.04. The Kier molecular flexibility index (Phi) is 7.60. The molecule has 3 fully saturated rings. The fourth-order valence-corrected chi connectivity index (χ4v) is 9.80. The molecule has 10 heteroatoms. The van der Waals surface area contributed by atoms with Gasteiger partial charge in [-0.15, -0.1) is 0 Å². The minimum atomic E-state index is -3.66. The Balaban J connectivity index is 1.59. The van der Waals surface area contributed by atoms with Gasteiger partial charge < -0.3 is 30.6 Å². The van der Waals surface area contributed by atoms with Gasteiger partial charge in [0.2, 0.25) is 0 Å². The first-order chi connectivity index (χ1) is 17.3. The van der Waals surface area contributed by atoms with E-state index >= 15 is 0 Å². The van der Waals surface area contributed by atoms with Crippen LogP contribution in [0.25, 0.3) is 0 Å². The van der Waals surface area contributed by atoms with E-state index in [0.717, 1.165) is 6.26 Å². The summed E-state index contributed by atoms with van der Waals surface area (Å²) in [4.78, 5) is 13.3. The first-order valence-corrected chi connectivity index (χ1v) is 15.9. The summed E-state index contributed by atoms with van der Waals surface area (Å²) in [6.07, 6.45) is 2.12. The zero-order chi connectivity index (χ0) is 28.6. The quantitative estimate of drug-likeness (QED) is 0.267. The molecule has 218 valence electrons.